The number of pyridine rings is 1. The second-order valence-corrected chi connectivity index (χ2v) is 11.4. The number of benzene rings is 2. The highest BCUT2D eigenvalue weighted by atomic mass is 35.5. The first-order chi connectivity index (χ1) is 22.3. The van der Waals surface area contributed by atoms with E-state index in [0.717, 1.165) is 39.3 Å². The van der Waals surface area contributed by atoms with E-state index in [1.165, 1.54) is 43.8 Å². The third kappa shape index (κ3) is 7.11. The average Bonchev–Trinajstić information content (AvgIpc) is 3.88. The molecule has 3 heterocycles. The Morgan fingerprint density at radius 1 is 0.978 bits per heavy atom. The summed E-state index contributed by atoms with van der Waals surface area (Å²) in [7, 11) is 1.50. The van der Waals surface area contributed by atoms with Crippen molar-refractivity contribution in [1.29, 1.82) is 0 Å². The molecular formula is C32H32ClFN6O6. The molecule has 12 nitrogen and oxygen atoms in total. The van der Waals surface area contributed by atoms with Crippen LogP contribution in [0.2, 0.25) is 5.02 Å². The third-order valence-corrected chi connectivity index (χ3v) is 8.10. The van der Waals surface area contributed by atoms with Crippen molar-refractivity contribution < 1.29 is 32.9 Å². The van der Waals surface area contributed by atoms with Gasteiger partial charge in [0.25, 0.3) is 5.88 Å². The molecule has 0 radical (unpaired) electrons. The number of nitrogens with one attached hydrogen (secondary N) is 2. The van der Waals surface area contributed by atoms with Crippen molar-refractivity contribution in [2.24, 2.45) is 5.41 Å². The van der Waals surface area contributed by atoms with Crippen LogP contribution in [0.15, 0.2) is 54.9 Å². The van der Waals surface area contributed by atoms with Crippen LogP contribution >= 0.6 is 11.6 Å². The van der Waals surface area contributed by atoms with Crippen molar-refractivity contribution in [2.75, 3.05) is 57.2 Å². The molecule has 240 valence electrons. The predicted molar refractivity (Wildman–Crippen MR) is 168 cm³/mol. The van der Waals surface area contributed by atoms with Gasteiger partial charge in [0, 0.05) is 37.1 Å². The molecule has 14 heteroatoms. The van der Waals surface area contributed by atoms with Crippen molar-refractivity contribution in [1.82, 2.24) is 19.9 Å². The third-order valence-electron chi connectivity index (χ3n) is 7.80. The highest BCUT2D eigenvalue weighted by Crippen LogP contribution is 2.48. The monoisotopic (exact) mass is 650 g/mol. The quantitative estimate of drug-likeness (QED) is 0.158. The van der Waals surface area contributed by atoms with E-state index in [2.05, 4.69) is 30.5 Å². The molecule has 0 bridgehead atoms. The number of methoxy groups -OCH3 is 1. The van der Waals surface area contributed by atoms with Gasteiger partial charge in [0.15, 0.2) is 11.3 Å². The number of halogens is 2. The smallest absolute Gasteiger partial charge is 0.257 e. The molecule has 2 aliphatic rings. The number of morpholine rings is 1. The average molecular weight is 651 g/mol. The van der Waals surface area contributed by atoms with Crippen molar-refractivity contribution >= 4 is 45.8 Å². The van der Waals surface area contributed by atoms with Gasteiger partial charge < -0.3 is 29.6 Å². The molecule has 4 aromatic rings. The van der Waals surface area contributed by atoms with Crippen molar-refractivity contribution in [3.05, 3.63) is 65.7 Å². The lowest BCUT2D eigenvalue weighted by molar-refractivity contribution is -0.131. The molecule has 1 saturated carbocycles. The topological polar surface area (TPSA) is 137 Å². The summed E-state index contributed by atoms with van der Waals surface area (Å²) in [5.41, 5.74) is 0.402. The van der Waals surface area contributed by atoms with Crippen LogP contribution in [-0.2, 0) is 14.3 Å². The van der Waals surface area contributed by atoms with Gasteiger partial charge in [-0.05, 0) is 61.7 Å². The molecule has 2 amide bonds. The van der Waals surface area contributed by atoms with Crippen LogP contribution < -0.4 is 24.8 Å². The van der Waals surface area contributed by atoms with Crippen LogP contribution in [0, 0.1) is 11.2 Å². The number of fused-ring (bicyclic) bond motifs is 1. The van der Waals surface area contributed by atoms with E-state index in [1.807, 2.05) is 0 Å². The van der Waals surface area contributed by atoms with Crippen LogP contribution in [0.25, 0.3) is 11.0 Å². The number of anilines is 2. The Labute approximate surface area is 269 Å². The van der Waals surface area contributed by atoms with Crippen LogP contribution in [-0.4, -0.2) is 78.2 Å². The minimum absolute atomic E-state index is 0.148. The van der Waals surface area contributed by atoms with E-state index < -0.39 is 23.0 Å². The number of hydrogen-bond acceptors (Lipinski definition) is 10. The number of carbonyl (C=O) groups excluding carboxylic acids is 2. The van der Waals surface area contributed by atoms with E-state index >= 15 is 0 Å². The van der Waals surface area contributed by atoms with E-state index in [4.69, 9.17) is 30.5 Å². The standard InChI is InChI=1S/C32H32ClFN6O6/c1-43-28-26(45-14-2-11-40-12-15-44-16-13-40)18-24-27(39-28)29(36-19-35-24)46-25-8-7-22(17-23(25)33)38-31(42)32(9-10-32)30(41)37-21-5-3-20(34)4-6-21/h3-8,17-19H,2,9-16H2,1H3,(H,37,41)(H,38,42). The van der Waals surface area contributed by atoms with Crippen LogP contribution in [0.3, 0.4) is 0 Å². The second kappa shape index (κ2) is 13.8. The fraction of sp³-hybridized carbons (Fsp3) is 0.344. The molecule has 46 heavy (non-hydrogen) atoms. The Morgan fingerprint density at radius 2 is 1.70 bits per heavy atom. The summed E-state index contributed by atoms with van der Waals surface area (Å²) >= 11 is 6.53. The van der Waals surface area contributed by atoms with Gasteiger partial charge in [-0.1, -0.05) is 11.6 Å². The van der Waals surface area contributed by atoms with Gasteiger partial charge in [-0.2, -0.15) is 4.98 Å². The summed E-state index contributed by atoms with van der Waals surface area (Å²) in [6.45, 7) is 4.72. The molecule has 2 fully saturated rings. The maximum Gasteiger partial charge on any atom is 0.257 e. The summed E-state index contributed by atoms with van der Waals surface area (Å²) in [5, 5.41) is 5.64. The lowest BCUT2D eigenvalue weighted by Crippen LogP contribution is -2.37. The fourth-order valence-corrected chi connectivity index (χ4v) is 5.25. The predicted octanol–water partition coefficient (Wildman–Crippen LogP) is 5.08. The van der Waals surface area contributed by atoms with Crippen LogP contribution in [0.1, 0.15) is 19.3 Å². The Bertz CT molecular complexity index is 1730. The first-order valence-electron chi connectivity index (χ1n) is 14.8. The molecule has 1 aliphatic heterocycles. The Balaban J connectivity index is 1.10. The summed E-state index contributed by atoms with van der Waals surface area (Å²) in [6, 6.07) is 11.8. The second-order valence-electron chi connectivity index (χ2n) is 10.9. The van der Waals surface area contributed by atoms with Gasteiger partial charge in [0.1, 0.15) is 28.8 Å². The van der Waals surface area contributed by atoms with E-state index in [-0.39, 0.29) is 22.5 Å². The largest absolute Gasteiger partial charge is 0.488 e. The number of carbonyl (C=O) groups is 2. The van der Waals surface area contributed by atoms with Crippen LogP contribution in [0.5, 0.6) is 23.3 Å². The molecule has 6 rings (SSSR count). The first-order valence-corrected chi connectivity index (χ1v) is 15.2. The van der Waals surface area contributed by atoms with E-state index in [1.54, 1.807) is 18.2 Å². The molecule has 0 atom stereocenters. The van der Waals surface area contributed by atoms with E-state index in [0.29, 0.717) is 47.6 Å². The number of hydrogen-bond donors (Lipinski definition) is 2. The molecule has 0 spiro atoms. The van der Waals surface area contributed by atoms with Crippen LogP contribution in [0.4, 0.5) is 15.8 Å². The summed E-state index contributed by atoms with van der Waals surface area (Å²) < 4.78 is 36.1. The molecule has 1 saturated heterocycles. The number of ether oxygens (including phenoxy) is 4. The van der Waals surface area contributed by atoms with Gasteiger partial charge in [-0.3, -0.25) is 14.5 Å². The maximum absolute atomic E-state index is 13.2. The first kappa shape index (κ1) is 31.4. The Kier molecular flexibility index (Phi) is 9.43. The summed E-state index contributed by atoms with van der Waals surface area (Å²) in [4.78, 5) is 41.4. The van der Waals surface area contributed by atoms with Gasteiger partial charge in [0.05, 0.1) is 32.0 Å². The van der Waals surface area contributed by atoms with Gasteiger partial charge >= 0.3 is 0 Å². The number of amides is 2. The molecule has 2 N–H and O–H groups in total. The minimum atomic E-state index is -1.22. The highest BCUT2D eigenvalue weighted by Gasteiger charge is 2.56. The van der Waals surface area contributed by atoms with Gasteiger partial charge in [0.2, 0.25) is 17.7 Å². The van der Waals surface area contributed by atoms with Crippen molar-refractivity contribution in [3.63, 3.8) is 0 Å². The molecule has 2 aromatic carbocycles. The molecule has 0 unspecified atom stereocenters. The molecule has 2 aromatic heterocycles. The number of aromatic nitrogens is 3. The zero-order chi connectivity index (χ0) is 32.1. The number of rotatable bonds is 12. The number of nitrogens with zero attached hydrogens (tertiary/aromatic N) is 4. The van der Waals surface area contributed by atoms with Crippen molar-refractivity contribution in [2.45, 2.75) is 19.3 Å². The lowest BCUT2D eigenvalue weighted by atomic mass is 10.0. The molecule has 1 aliphatic carbocycles. The van der Waals surface area contributed by atoms with Gasteiger partial charge in [-0.25, -0.2) is 14.4 Å². The van der Waals surface area contributed by atoms with Gasteiger partial charge in [-0.15, -0.1) is 0 Å². The normalized spacial score (nSPS) is 15.6. The lowest BCUT2D eigenvalue weighted by Gasteiger charge is -2.26. The maximum atomic E-state index is 13.2. The van der Waals surface area contributed by atoms with E-state index in [9.17, 15) is 14.0 Å². The summed E-state index contributed by atoms with van der Waals surface area (Å²) in [6.07, 6.45) is 2.96. The Hall–Kier alpha value is -4.59. The molecular weight excluding hydrogens is 619 g/mol. The summed E-state index contributed by atoms with van der Waals surface area (Å²) in [5.74, 6) is -0.208. The zero-order valence-corrected chi connectivity index (χ0v) is 25.8. The zero-order valence-electron chi connectivity index (χ0n) is 25.1. The highest BCUT2D eigenvalue weighted by molar-refractivity contribution is 6.32. The Morgan fingerprint density at radius 3 is 2.39 bits per heavy atom. The van der Waals surface area contributed by atoms with Crippen molar-refractivity contribution in [3.8, 4) is 23.3 Å². The fourth-order valence-electron chi connectivity index (χ4n) is 5.03. The minimum Gasteiger partial charge on any atom is -0.488 e. The SMILES string of the molecule is COc1nc2c(Oc3ccc(NC(=O)C4(C(=O)Nc5ccc(F)cc5)CC4)cc3Cl)ncnc2cc1OCCCN1CCOCC1.